The number of nitrogens with zero attached hydrogens (tertiary/aromatic N) is 1. The average Bonchev–Trinajstić information content (AvgIpc) is 2.56. The second-order valence-electron chi connectivity index (χ2n) is 4.88. The molecule has 1 amide bonds. The standard InChI is InChI=1S/C17H21N3O3/c1-2-23-15-6-3-13(4-7-15)11-17(22)20-14-5-8-16(19-12-14)18-9-10-21/h3-8,12,21H,2,9-11H2,1H3,(H,18,19)(H,20,22). The van der Waals surface area contributed by atoms with E-state index in [1.54, 1.807) is 18.3 Å². The van der Waals surface area contributed by atoms with Crippen LogP contribution in [-0.2, 0) is 11.2 Å². The van der Waals surface area contributed by atoms with Crippen LogP contribution in [0.2, 0.25) is 0 Å². The lowest BCUT2D eigenvalue weighted by atomic mass is 10.1. The zero-order chi connectivity index (χ0) is 16.5. The van der Waals surface area contributed by atoms with Gasteiger partial charge >= 0.3 is 0 Å². The Morgan fingerprint density at radius 1 is 1.22 bits per heavy atom. The van der Waals surface area contributed by atoms with E-state index in [1.807, 2.05) is 31.2 Å². The first-order valence-corrected chi connectivity index (χ1v) is 7.53. The molecule has 0 bridgehead atoms. The normalized spacial score (nSPS) is 10.2. The van der Waals surface area contributed by atoms with E-state index in [0.717, 1.165) is 11.3 Å². The molecule has 0 atom stereocenters. The molecule has 1 heterocycles. The number of anilines is 2. The van der Waals surface area contributed by atoms with E-state index in [9.17, 15) is 4.79 Å². The van der Waals surface area contributed by atoms with Crippen LogP contribution in [0.1, 0.15) is 12.5 Å². The molecular weight excluding hydrogens is 294 g/mol. The van der Waals surface area contributed by atoms with Crippen LogP contribution in [0.4, 0.5) is 11.5 Å². The molecule has 1 aromatic carbocycles. The van der Waals surface area contributed by atoms with Crippen molar-refractivity contribution < 1.29 is 14.6 Å². The molecule has 122 valence electrons. The molecule has 0 aliphatic rings. The Morgan fingerprint density at radius 2 is 2.00 bits per heavy atom. The molecule has 0 unspecified atom stereocenters. The molecule has 0 fully saturated rings. The number of ether oxygens (including phenoxy) is 1. The summed E-state index contributed by atoms with van der Waals surface area (Å²) in [5, 5.41) is 14.5. The largest absolute Gasteiger partial charge is 0.494 e. The maximum Gasteiger partial charge on any atom is 0.228 e. The molecule has 0 saturated carbocycles. The van der Waals surface area contributed by atoms with Crippen molar-refractivity contribution in [1.82, 2.24) is 4.98 Å². The summed E-state index contributed by atoms with van der Waals surface area (Å²) in [4.78, 5) is 16.2. The van der Waals surface area contributed by atoms with Gasteiger partial charge in [0.05, 0.1) is 31.5 Å². The van der Waals surface area contributed by atoms with Crippen molar-refractivity contribution in [3.8, 4) is 5.75 Å². The van der Waals surface area contributed by atoms with E-state index in [4.69, 9.17) is 9.84 Å². The summed E-state index contributed by atoms with van der Waals surface area (Å²) < 4.78 is 5.37. The number of aliphatic hydroxyl groups is 1. The minimum Gasteiger partial charge on any atom is -0.494 e. The van der Waals surface area contributed by atoms with E-state index in [1.165, 1.54) is 0 Å². The van der Waals surface area contributed by atoms with Gasteiger partial charge in [0, 0.05) is 6.54 Å². The first-order chi connectivity index (χ1) is 11.2. The smallest absolute Gasteiger partial charge is 0.228 e. The molecule has 6 heteroatoms. The van der Waals surface area contributed by atoms with Gasteiger partial charge in [-0.3, -0.25) is 4.79 Å². The lowest BCUT2D eigenvalue weighted by Crippen LogP contribution is -2.14. The summed E-state index contributed by atoms with van der Waals surface area (Å²) in [6, 6.07) is 11.0. The monoisotopic (exact) mass is 315 g/mol. The van der Waals surface area contributed by atoms with Crippen LogP contribution < -0.4 is 15.4 Å². The van der Waals surface area contributed by atoms with Crippen LogP contribution in [-0.4, -0.2) is 35.8 Å². The molecule has 6 nitrogen and oxygen atoms in total. The van der Waals surface area contributed by atoms with Crippen molar-refractivity contribution in [3.63, 3.8) is 0 Å². The van der Waals surface area contributed by atoms with Crippen molar-refractivity contribution in [3.05, 3.63) is 48.2 Å². The summed E-state index contributed by atoms with van der Waals surface area (Å²) in [6.45, 7) is 3.04. The highest BCUT2D eigenvalue weighted by Gasteiger charge is 2.05. The molecule has 0 aliphatic heterocycles. The Bertz CT molecular complexity index is 612. The molecule has 23 heavy (non-hydrogen) atoms. The molecule has 2 rings (SSSR count). The molecule has 3 N–H and O–H groups in total. The Labute approximate surface area is 135 Å². The Kier molecular flexibility index (Phi) is 6.38. The van der Waals surface area contributed by atoms with Crippen molar-refractivity contribution >= 4 is 17.4 Å². The number of pyridine rings is 1. The highest BCUT2D eigenvalue weighted by Crippen LogP contribution is 2.14. The lowest BCUT2D eigenvalue weighted by Gasteiger charge is -2.08. The van der Waals surface area contributed by atoms with Gasteiger partial charge in [0.1, 0.15) is 11.6 Å². The minimum absolute atomic E-state index is 0.0439. The van der Waals surface area contributed by atoms with Crippen molar-refractivity contribution in [2.45, 2.75) is 13.3 Å². The van der Waals surface area contributed by atoms with Crippen molar-refractivity contribution in [1.29, 1.82) is 0 Å². The third-order valence-corrected chi connectivity index (χ3v) is 3.06. The quantitative estimate of drug-likeness (QED) is 0.694. The van der Waals surface area contributed by atoms with Crippen LogP contribution in [0.15, 0.2) is 42.6 Å². The second-order valence-corrected chi connectivity index (χ2v) is 4.88. The van der Waals surface area contributed by atoms with Gasteiger partial charge in [0.15, 0.2) is 0 Å². The Hall–Kier alpha value is -2.60. The number of hydrogen-bond donors (Lipinski definition) is 3. The van der Waals surface area contributed by atoms with Crippen LogP contribution in [0.5, 0.6) is 5.75 Å². The molecule has 0 spiro atoms. The second kappa shape index (κ2) is 8.75. The number of aliphatic hydroxyl groups excluding tert-OH is 1. The first kappa shape index (κ1) is 16.8. The van der Waals surface area contributed by atoms with E-state index in [-0.39, 0.29) is 18.9 Å². The number of nitrogens with one attached hydrogen (secondary N) is 2. The third-order valence-electron chi connectivity index (χ3n) is 3.06. The molecule has 0 aliphatic carbocycles. The Balaban J connectivity index is 1.86. The number of benzene rings is 1. The van der Waals surface area contributed by atoms with Gasteiger partial charge in [0.2, 0.25) is 5.91 Å². The van der Waals surface area contributed by atoms with Gasteiger partial charge < -0.3 is 20.5 Å². The van der Waals surface area contributed by atoms with Crippen LogP contribution in [0.3, 0.4) is 0 Å². The fourth-order valence-corrected chi connectivity index (χ4v) is 2.02. The number of carbonyl (C=O) groups is 1. The zero-order valence-corrected chi connectivity index (χ0v) is 13.1. The maximum absolute atomic E-state index is 12.0. The fraction of sp³-hybridized carbons (Fsp3) is 0.294. The highest BCUT2D eigenvalue weighted by molar-refractivity contribution is 5.92. The molecule has 1 aromatic heterocycles. The van der Waals surface area contributed by atoms with Crippen LogP contribution in [0.25, 0.3) is 0 Å². The van der Waals surface area contributed by atoms with Gasteiger partial charge in [0.25, 0.3) is 0 Å². The zero-order valence-electron chi connectivity index (χ0n) is 13.1. The third kappa shape index (κ3) is 5.60. The fourth-order valence-electron chi connectivity index (χ4n) is 2.02. The van der Waals surface area contributed by atoms with Gasteiger partial charge in [-0.15, -0.1) is 0 Å². The van der Waals surface area contributed by atoms with Crippen molar-refractivity contribution in [2.75, 3.05) is 30.4 Å². The first-order valence-electron chi connectivity index (χ1n) is 7.53. The van der Waals surface area contributed by atoms with E-state index in [2.05, 4.69) is 15.6 Å². The van der Waals surface area contributed by atoms with Gasteiger partial charge in [-0.05, 0) is 36.8 Å². The summed E-state index contributed by atoms with van der Waals surface area (Å²) in [5.41, 5.74) is 1.55. The number of aromatic nitrogens is 1. The highest BCUT2D eigenvalue weighted by atomic mass is 16.5. The molecule has 2 aromatic rings. The van der Waals surface area contributed by atoms with Crippen molar-refractivity contribution in [2.24, 2.45) is 0 Å². The predicted molar refractivity (Wildman–Crippen MR) is 89.8 cm³/mol. The van der Waals surface area contributed by atoms with Crippen LogP contribution >= 0.6 is 0 Å². The summed E-state index contributed by atoms with van der Waals surface area (Å²) in [7, 11) is 0. The Morgan fingerprint density at radius 3 is 2.61 bits per heavy atom. The predicted octanol–water partition coefficient (Wildman–Crippen LogP) is 2.07. The molecule has 0 radical (unpaired) electrons. The average molecular weight is 315 g/mol. The number of amides is 1. The van der Waals surface area contributed by atoms with E-state index in [0.29, 0.717) is 24.7 Å². The summed E-state index contributed by atoms with van der Waals surface area (Å²) in [6.07, 6.45) is 1.87. The molecule has 0 saturated heterocycles. The topological polar surface area (TPSA) is 83.5 Å². The minimum atomic E-state index is -0.105. The SMILES string of the molecule is CCOc1ccc(CC(=O)Nc2ccc(NCCO)nc2)cc1. The van der Waals surface area contributed by atoms with Gasteiger partial charge in [-0.2, -0.15) is 0 Å². The maximum atomic E-state index is 12.0. The van der Waals surface area contributed by atoms with E-state index >= 15 is 0 Å². The van der Waals surface area contributed by atoms with Gasteiger partial charge in [-0.1, -0.05) is 12.1 Å². The van der Waals surface area contributed by atoms with E-state index < -0.39 is 0 Å². The van der Waals surface area contributed by atoms with Crippen LogP contribution in [0, 0.1) is 0 Å². The van der Waals surface area contributed by atoms with Gasteiger partial charge in [-0.25, -0.2) is 4.98 Å². The number of carbonyl (C=O) groups excluding carboxylic acids is 1. The molecular formula is C17H21N3O3. The lowest BCUT2D eigenvalue weighted by molar-refractivity contribution is -0.115. The number of rotatable bonds is 8. The number of hydrogen-bond acceptors (Lipinski definition) is 5. The summed E-state index contributed by atoms with van der Waals surface area (Å²) >= 11 is 0. The summed E-state index contributed by atoms with van der Waals surface area (Å²) in [5.74, 6) is 1.35.